The smallest absolute Gasteiger partial charge is 0.310 e. The zero-order valence-corrected chi connectivity index (χ0v) is 15.2. The van der Waals surface area contributed by atoms with Crippen LogP contribution >= 0.6 is 0 Å². The van der Waals surface area contributed by atoms with Gasteiger partial charge in [0.2, 0.25) is 5.91 Å². The Hall–Kier alpha value is -2.97. The van der Waals surface area contributed by atoms with Gasteiger partial charge in [0.05, 0.1) is 17.4 Å². The molecule has 0 aromatic heterocycles. The van der Waals surface area contributed by atoms with Crippen molar-refractivity contribution in [2.75, 3.05) is 26.2 Å². The second-order valence-corrected chi connectivity index (χ2v) is 6.24. The number of carbonyl (C=O) groups is 3. The van der Waals surface area contributed by atoms with E-state index in [2.05, 4.69) is 5.32 Å². The molecule has 1 saturated heterocycles. The molecule has 0 bridgehead atoms. The Balaban J connectivity index is 1.78. The summed E-state index contributed by atoms with van der Waals surface area (Å²) in [6, 6.07) is 5.24. The average Bonchev–Trinajstić information content (AvgIpc) is 2.68. The lowest BCUT2D eigenvalue weighted by atomic mass is 9.98. The van der Waals surface area contributed by atoms with E-state index in [0.29, 0.717) is 26.1 Å². The van der Waals surface area contributed by atoms with Gasteiger partial charge in [0.25, 0.3) is 11.6 Å². The lowest BCUT2D eigenvalue weighted by Gasteiger charge is -2.31. The maximum atomic E-state index is 12.3. The van der Waals surface area contributed by atoms with Gasteiger partial charge in [0.15, 0.2) is 0 Å². The second-order valence-electron chi connectivity index (χ2n) is 6.24. The highest BCUT2D eigenvalue weighted by Crippen LogP contribution is 2.18. The highest BCUT2D eigenvalue weighted by molar-refractivity contribution is 5.94. The van der Waals surface area contributed by atoms with Crippen molar-refractivity contribution < 1.29 is 24.0 Å². The third-order valence-corrected chi connectivity index (χ3v) is 4.36. The summed E-state index contributed by atoms with van der Waals surface area (Å²) < 4.78 is 5.02. The van der Waals surface area contributed by atoms with Crippen LogP contribution in [0.3, 0.4) is 0 Å². The molecular weight excluding hydrogens is 354 g/mol. The van der Waals surface area contributed by atoms with Gasteiger partial charge in [-0.3, -0.25) is 24.5 Å². The number of nitro groups is 1. The molecule has 1 aliphatic rings. The Morgan fingerprint density at radius 3 is 2.63 bits per heavy atom. The van der Waals surface area contributed by atoms with Gasteiger partial charge in [-0.2, -0.15) is 0 Å². The quantitative estimate of drug-likeness (QED) is 0.437. The predicted octanol–water partition coefficient (Wildman–Crippen LogP) is 1.52. The van der Waals surface area contributed by atoms with Crippen LogP contribution in [0.5, 0.6) is 0 Å². The number of likely N-dealkylation sites (tertiary alicyclic amines) is 1. The molecule has 0 spiro atoms. The minimum Gasteiger partial charge on any atom is -0.466 e. The molecule has 1 atom stereocenters. The van der Waals surface area contributed by atoms with Gasteiger partial charge in [-0.05, 0) is 31.9 Å². The molecule has 1 aromatic carbocycles. The van der Waals surface area contributed by atoms with E-state index < -0.39 is 10.8 Å². The second kappa shape index (κ2) is 9.65. The molecule has 2 rings (SSSR count). The number of non-ortho nitro benzene ring substituents is 1. The van der Waals surface area contributed by atoms with Crippen LogP contribution in [0.2, 0.25) is 0 Å². The van der Waals surface area contributed by atoms with Crippen molar-refractivity contribution in [2.24, 2.45) is 5.92 Å². The third kappa shape index (κ3) is 5.77. The first-order valence-corrected chi connectivity index (χ1v) is 8.89. The molecule has 0 saturated carbocycles. The van der Waals surface area contributed by atoms with Gasteiger partial charge in [-0.1, -0.05) is 0 Å². The largest absolute Gasteiger partial charge is 0.466 e. The fourth-order valence-corrected chi connectivity index (χ4v) is 2.93. The standard InChI is InChI=1S/C18H23N3O6/c1-2-27-18(24)14-4-3-11-20(12-14)16(22)9-10-19-17(23)13-5-7-15(8-6-13)21(25)26/h5-8,14H,2-4,9-12H2,1H3,(H,19,23)/t14-/m1/s1. The highest BCUT2D eigenvalue weighted by atomic mass is 16.6. The minimum atomic E-state index is -0.539. The highest BCUT2D eigenvalue weighted by Gasteiger charge is 2.29. The summed E-state index contributed by atoms with van der Waals surface area (Å²) >= 11 is 0. The van der Waals surface area contributed by atoms with Crippen molar-refractivity contribution >= 4 is 23.5 Å². The molecule has 1 heterocycles. The van der Waals surface area contributed by atoms with Crippen LogP contribution in [0.4, 0.5) is 5.69 Å². The number of esters is 1. The average molecular weight is 377 g/mol. The number of carbonyl (C=O) groups excluding carboxylic acids is 3. The summed E-state index contributed by atoms with van der Waals surface area (Å²) in [5.41, 5.74) is 0.191. The van der Waals surface area contributed by atoms with E-state index in [1.807, 2.05) is 0 Å². The fraction of sp³-hybridized carbons (Fsp3) is 0.500. The van der Waals surface area contributed by atoms with Crippen LogP contribution in [-0.2, 0) is 14.3 Å². The summed E-state index contributed by atoms with van der Waals surface area (Å²) in [4.78, 5) is 47.9. The van der Waals surface area contributed by atoms with E-state index in [0.717, 1.165) is 6.42 Å². The molecule has 1 N–H and O–H groups in total. The third-order valence-electron chi connectivity index (χ3n) is 4.36. The fourth-order valence-electron chi connectivity index (χ4n) is 2.93. The van der Waals surface area contributed by atoms with E-state index >= 15 is 0 Å². The molecule has 0 aliphatic carbocycles. The maximum Gasteiger partial charge on any atom is 0.310 e. The summed E-state index contributed by atoms with van der Waals surface area (Å²) in [7, 11) is 0. The van der Waals surface area contributed by atoms with Crippen LogP contribution < -0.4 is 5.32 Å². The van der Waals surface area contributed by atoms with Crippen molar-refractivity contribution in [3.8, 4) is 0 Å². The SMILES string of the molecule is CCOC(=O)[C@@H]1CCCN(C(=O)CCNC(=O)c2ccc([N+](=O)[O-])cc2)C1. The first-order chi connectivity index (χ1) is 12.9. The number of ether oxygens (including phenoxy) is 1. The number of nitrogens with zero attached hydrogens (tertiary/aromatic N) is 2. The van der Waals surface area contributed by atoms with Crippen LogP contribution in [-0.4, -0.2) is 53.8 Å². The number of hydrogen-bond donors (Lipinski definition) is 1. The molecule has 146 valence electrons. The van der Waals surface area contributed by atoms with Crippen LogP contribution in [0.15, 0.2) is 24.3 Å². The lowest BCUT2D eigenvalue weighted by Crippen LogP contribution is -2.43. The van der Waals surface area contributed by atoms with E-state index in [1.54, 1.807) is 11.8 Å². The Labute approximate surface area is 156 Å². The monoisotopic (exact) mass is 377 g/mol. The summed E-state index contributed by atoms with van der Waals surface area (Å²) in [5, 5.41) is 13.2. The first kappa shape index (κ1) is 20.3. The number of nitrogens with one attached hydrogen (secondary N) is 1. The molecule has 1 aliphatic heterocycles. The molecular formula is C18H23N3O6. The molecule has 1 aromatic rings. The molecule has 0 unspecified atom stereocenters. The van der Waals surface area contributed by atoms with Crippen molar-refractivity contribution in [1.82, 2.24) is 10.2 Å². The normalized spacial score (nSPS) is 16.5. The molecule has 9 heteroatoms. The van der Waals surface area contributed by atoms with Crippen LogP contribution in [0.25, 0.3) is 0 Å². The van der Waals surface area contributed by atoms with E-state index in [1.165, 1.54) is 24.3 Å². The summed E-state index contributed by atoms with van der Waals surface area (Å²) in [6.45, 7) is 3.14. The lowest BCUT2D eigenvalue weighted by molar-refractivity contribution is -0.384. The maximum absolute atomic E-state index is 12.3. The number of piperidine rings is 1. The predicted molar refractivity (Wildman–Crippen MR) is 96.0 cm³/mol. The van der Waals surface area contributed by atoms with Crippen molar-refractivity contribution in [2.45, 2.75) is 26.2 Å². The van der Waals surface area contributed by atoms with Crippen LogP contribution in [0.1, 0.15) is 36.5 Å². The molecule has 1 fully saturated rings. The number of nitro benzene ring substituents is 1. The Bertz CT molecular complexity index is 704. The van der Waals surface area contributed by atoms with Gasteiger partial charge in [-0.25, -0.2) is 0 Å². The number of hydrogen-bond acceptors (Lipinski definition) is 6. The minimum absolute atomic E-state index is 0.0945. The van der Waals surface area contributed by atoms with Gasteiger partial charge in [0, 0.05) is 43.8 Å². The van der Waals surface area contributed by atoms with E-state index in [9.17, 15) is 24.5 Å². The Kier molecular flexibility index (Phi) is 7.27. The number of benzene rings is 1. The van der Waals surface area contributed by atoms with Gasteiger partial charge in [0.1, 0.15) is 0 Å². The Morgan fingerprint density at radius 2 is 2.00 bits per heavy atom. The van der Waals surface area contributed by atoms with Gasteiger partial charge in [-0.15, -0.1) is 0 Å². The summed E-state index contributed by atoms with van der Waals surface area (Å²) in [5.74, 6) is -1.10. The zero-order chi connectivity index (χ0) is 19.8. The summed E-state index contributed by atoms with van der Waals surface area (Å²) in [6.07, 6.45) is 1.57. The molecule has 9 nitrogen and oxygen atoms in total. The van der Waals surface area contributed by atoms with Crippen molar-refractivity contribution in [3.05, 3.63) is 39.9 Å². The molecule has 0 radical (unpaired) electrons. The number of rotatable bonds is 7. The van der Waals surface area contributed by atoms with Gasteiger partial charge >= 0.3 is 5.97 Å². The first-order valence-electron chi connectivity index (χ1n) is 8.89. The molecule has 27 heavy (non-hydrogen) atoms. The van der Waals surface area contributed by atoms with Crippen molar-refractivity contribution in [1.29, 1.82) is 0 Å². The van der Waals surface area contributed by atoms with Gasteiger partial charge < -0.3 is 15.0 Å². The Morgan fingerprint density at radius 1 is 1.30 bits per heavy atom. The molecule has 2 amide bonds. The zero-order valence-electron chi connectivity index (χ0n) is 15.2. The number of amides is 2. The van der Waals surface area contributed by atoms with Crippen LogP contribution in [0, 0.1) is 16.0 Å². The van der Waals surface area contributed by atoms with E-state index in [-0.39, 0.29) is 42.0 Å². The van der Waals surface area contributed by atoms with E-state index in [4.69, 9.17) is 4.74 Å². The van der Waals surface area contributed by atoms with Crippen molar-refractivity contribution in [3.63, 3.8) is 0 Å². The topological polar surface area (TPSA) is 119 Å².